The molecule has 0 bridgehead atoms. The van der Waals surface area contributed by atoms with Crippen LogP contribution in [0, 0.1) is 5.92 Å². The van der Waals surface area contributed by atoms with Gasteiger partial charge in [0.05, 0.1) is 7.11 Å². The second kappa shape index (κ2) is 6.11. The Morgan fingerprint density at radius 3 is 2.07 bits per heavy atom. The zero-order valence-corrected chi connectivity index (χ0v) is 10.2. The van der Waals surface area contributed by atoms with Crippen LogP contribution >= 0.6 is 0 Å². The van der Waals surface area contributed by atoms with Crippen LogP contribution in [-0.4, -0.2) is 37.1 Å². The van der Waals surface area contributed by atoms with Crippen molar-refractivity contribution in [3.8, 4) is 0 Å². The number of methoxy groups -OCH3 is 1. The minimum atomic E-state index is -0.0769. The Bertz CT molecular complexity index is 196. The first-order chi connectivity index (χ1) is 7.16. The third-order valence-electron chi connectivity index (χ3n) is 3.11. The summed E-state index contributed by atoms with van der Waals surface area (Å²) >= 11 is 0. The van der Waals surface area contributed by atoms with Crippen molar-refractivity contribution in [1.82, 2.24) is 4.90 Å². The molecular formula is C12H23NO2. The van der Waals surface area contributed by atoms with E-state index < -0.39 is 0 Å². The molecule has 3 nitrogen and oxygen atoms in total. The van der Waals surface area contributed by atoms with Gasteiger partial charge in [-0.15, -0.1) is 0 Å². The van der Waals surface area contributed by atoms with Gasteiger partial charge in [-0.25, -0.2) is 0 Å². The standard InChI is InChI=1S/C12H23NO2/c1-10(2)11(12(14)15-3)13-8-6-4-5-7-9-13/h10-11H,4-9H2,1-3H3. The number of hydrogen-bond donors (Lipinski definition) is 0. The van der Waals surface area contributed by atoms with Crippen LogP contribution in [0.1, 0.15) is 39.5 Å². The third-order valence-corrected chi connectivity index (χ3v) is 3.11. The Kier molecular flexibility index (Phi) is 5.09. The molecule has 1 rings (SSSR count). The zero-order chi connectivity index (χ0) is 11.3. The molecule has 0 aliphatic carbocycles. The molecule has 3 heteroatoms. The van der Waals surface area contributed by atoms with Crippen LogP contribution in [0.4, 0.5) is 0 Å². The number of likely N-dealkylation sites (tertiary alicyclic amines) is 1. The van der Waals surface area contributed by atoms with Gasteiger partial charge in [-0.05, 0) is 31.8 Å². The maximum Gasteiger partial charge on any atom is 0.323 e. The van der Waals surface area contributed by atoms with Crippen LogP contribution in [0.25, 0.3) is 0 Å². The van der Waals surface area contributed by atoms with E-state index in [-0.39, 0.29) is 12.0 Å². The van der Waals surface area contributed by atoms with E-state index in [1.165, 1.54) is 32.8 Å². The second-order valence-corrected chi connectivity index (χ2v) is 4.66. The fourth-order valence-electron chi connectivity index (χ4n) is 2.34. The van der Waals surface area contributed by atoms with E-state index in [0.29, 0.717) is 5.92 Å². The molecule has 0 radical (unpaired) electrons. The lowest BCUT2D eigenvalue weighted by Gasteiger charge is -2.31. The maximum absolute atomic E-state index is 11.7. The first-order valence-electron chi connectivity index (χ1n) is 5.98. The Morgan fingerprint density at radius 1 is 1.13 bits per heavy atom. The quantitative estimate of drug-likeness (QED) is 0.672. The van der Waals surface area contributed by atoms with Crippen molar-refractivity contribution in [1.29, 1.82) is 0 Å². The average Bonchev–Trinajstić information content (AvgIpc) is 2.46. The van der Waals surface area contributed by atoms with Crippen LogP contribution in [0.2, 0.25) is 0 Å². The lowest BCUT2D eigenvalue weighted by molar-refractivity contribution is -0.148. The zero-order valence-electron chi connectivity index (χ0n) is 10.2. The van der Waals surface area contributed by atoms with E-state index in [0.717, 1.165) is 13.1 Å². The average molecular weight is 213 g/mol. The molecule has 0 saturated carbocycles. The number of esters is 1. The highest BCUT2D eigenvalue weighted by molar-refractivity contribution is 5.75. The van der Waals surface area contributed by atoms with Gasteiger partial charge in [-0.2, -0.15) is 0 Å². The van der Waals surface area contributed by atoms with Crippen molar-refractivity contribution in [3.05, 3.63) is 0 Å². The molecule has 0 spiro atoms. The monoisotopic (exact) mass is 213 g/mol. The normalized spacial score (nSPS) is 21.1. The van der Waals surface area contributed by atoms with Crippen LogP contribution in [0.15, 0.2) is 0 Å². The summed E-state index contributed by atoms with van der Waals surface area (Å²) in [6, 6.07) is -0.0481. The highest BCUT2D eigenvalue weighted by atomic mass is 16.5. The fourth-order valence-corrected chi connectivity index (χ4v) is 2.34. The van der Waals surface area contributed by atoms with Gasteiger partial charge in [-0.1, -0.05) is 26.7 Å². The minimum absolute atomic E-state index is 0.0481. The third kappa shape index (κ3) is 3.49. The molecule has 0 N–H and O–H groups in total. The molecule has 1 saturated heterocycles. The summed E-state index contributed by atoms with van der Waals surface area (Å²) < 4.78 is 4.89. The van der Waals surface area contributed by atoms with E-state index in [9.17, 15) is 4.79 Å². The van der Waals surface area contributed by atoms with E-state index in [1.807, 2.05) is 0 Å². The van der Waals surface area contributed by atoms with Crippen LogP contribution in [0.5, 0.6) is 0 Å². The smallest absolute Gasteiger partial charge is 0.323 e. The van der Waals surface area contributed by atoms with Gasteiger partial charge in [-0.3, -0.25) is 9.69 Å². The molecule has 1 aliphatic rings. The number of rotatable bonds is 3. The summed E-state index contributed by atoms with van der Waals surface area (Å²) in [7, 11) is 1.48. The molecule has 1 unspecified atom stereocenters. The summed E-state index contributed by atoms with van der Waals surface area (Å²) in [6.07, 6.45) is 5.01. The van der Waals surface area contributed by atoms with Gasteiger partial charge in [0.1, 0.15) is 6.04 Å². The lowest BCUT2D eigenvalue weighted by Crippen LogP contribution is -2.45. The number of carbonyl (C=O) groups excluding carboxylic acids is 1. The molecule has 88 valence electrons. The maximum atomic E-state index is 11.7. The fraction of sp³-hybridized carbons (Fsp3) is 0.917. The van der Waals surface area contributed by atoms with E-state index in [2.05, 4.69) is 18.7 Å². The lowest BCUT2D eigenvalue weighted by atomic mass is 10.0. The summed E-state index contributed by atoms with van der Waals surface area (Å²) in [5, 5.41) is 0. The summed E-state index contributed by atoms with van der Waals surface area (Å²) in [5.74, 6) is 0.252. The van der Waals surface area contributed by atoms with Gasteiger partial charge < -0.3 is 4.74 Å². The minimum Gasteiger partial charge on any atom is -0.468 e. The molecule has 0 aromatic rings. The first-order valence-corrected chi connectivity index (χ1v) is 5.98. The topological polar surface area (TPSA) is 29.5 Å². The number of hydrogen-bond acceptors (Lipinski definition) is 3. The second-order valence-electron chi connectivity index (χ2n) is 4.66. The Labute approximate surface area is 92.8 Å². The summed E-state index contributed by atoms with van der Waals surface area (Å²) in [4.78, 5) is 14.0. The molecule has 0 amide bonds. The van der Waals surface area contributed by atoms with Crippen LogP contribution in [-0.2, 0) is 9.53 Å². The molecule has 15 heavy (non-hydrogen) atoms. The number of carbonyl (C=O) groups is 1. The van der Waals surface area contributed by atoms with Gasteiger partial charge in [0.25, 0.3) is 0 Å². The van der Waals surface area contributed by atoms with Crippen molar-refractivity contribution in [2.45, 2.75) is 45.6 Å². The summed E-state index contributed by atoms with van der Waals surface area (Å²) in [5.41, 5.74) is 0. The molecular weight excluding hydrogens is 190 g/mol. The van der Waals surface area contributed by atoms with E-state index in [4.69, 9.17) is 4.74 Å². The first kappa shape index (κ1) is 12.5. The Balaban J connectivity index is 2.64. The molecule has 1 aliphatic heterocycles. The van der Waals surface area contributed by atoms with Gasteiger partial charge >= 0.3 is 5.97 Å². The molecule has 1 heterocycles. The van der Waals surface area contributed by atoms with Crippen molar-refractivity contribution in [3.63, 3.8) is 0 Å². The van der Waals surface area contributed by atoms with Crippen LogP contribution in [0.3, 0.4) is 0 Å². The Morgan fingerprint density at radius 2 is 1.67 bits per heavy atom. The van der Waals surface area contributed by atoms with Crippen molar-refractivity contribution < 1.29 is 9.53 Å². The number of ether oxygens (including phenoxy) is 1. The molecule has 0 aromatic carbocycles. The van der Waals surface area contributed by atoms with E-state index >= 15 is 0 Å². The van der Waals surface area contributed by atoms with E-state index in [1.54, 1.807) is 0 Å². The van der Waals surface area contributed by atoms with Gasteiger partial charge in [0.15, 0.2) is 0 Å². The predicted molar refractivity (Wildman–Crippen MR) is 60.7 cm³/mol. The highest BCUT2D eigenvalue weighted by Gasteiger charge is 2.29. The van der Waals surface area contributed by atoms with Gasteiger partial charge in [0, 0.05) is 0 Å². The van der Waals surface area contributed by atoms with Gasteiger partial charge in [0.2, 0.25) is 0 Å². The Hall–Kier alpha value is -0.570. The largest absolute Gasteiger partial charge is 0.468 e. The summed E-state index contributed by atoms with van der Waals surface area (Å²) in [6.45, 7) is 6.26. The van der Waals surface area contributed by atoms with Crippen molar-refractivity contribution >= 4 is 5.97 Å². The SMILES string of the molecule is COC(=O)C(C(C)C)N1CCCCCC1. The van der Waals surface area contributed by atoms with Crippen LogP contribution < -0.4 is 0 Å². The van der Waals surface area contributed by atoms with Crippen molar-refractivity contribution in [2.75, 3.05) is 20.2 Å². The highest BCUT2D eigenvalue weighted by Crippen LogP contribution is 2.18. The molecule has 1 atom stereocenters. The number of nitrogens with zero attached hydrogens (tertiary/aromatic N) is 1. The molecule has 1 fully saturated rings. The predicted octanol–water partition coefficient (Wildman–Crippen LogP) is 2.06. The molecule has 0 aromatic heterocycles. The van der Waals surface area contributed by atoms with Crippen molar-refractivity contribution in [2.24, 2.45) is 5.92 Å².